The van der Waals surface area contributed by atoms with Crippen LogP contribution in [0.3, 0.4) is 0 Å². The molecule has 1 aromatic heterocycles. The second-order valence-corrected chi connectivity index (χ2v) is 2.31. The summed E-state index contributed by atoms with van der Waals surface area (Å²) >= 11 is 0. The molecule has 0 aliphatic carbocycles. The average molecular weight is 209 g/mol. The first-order chi connectivity index (χ1) is 6.43. The molecule has 1 N–H and O–H groups in total. The van der Waals surface area contributed by atoms with Gasteiger partial charge in [-0.1, -0.05) is 0 Å². The number of aromatic nitrogens is 1. The van der Waals surface area contributed by atoms with Gasteiger partial charge in [0.1, 0.15) is 11.3 Å². The summed E-state index contributed by atoms with van der Waals surface area (Å²) < 4.78 is 49.1. The number of rotatable bonds is 2. The molecular formula is C7H3F4NO2. The lowest BCUT2D eigenvalue weighted by atomic mass is 10.2. The molecule has 1 heterocycles. The second kappa shape index (κ2) is 3.60. The molecular weight excluding hydrogens is 206 g/mol. The molecule has 3 nitrogen and oxygen atoms in total. The molecule has 0 saturated carbocycles. The maximum Gasteiger partial charge on any atom is 0.338 e. The molecule has 0 radical (unpaired) electrons. The minimum absolute atomic E-state index is 0.297. The fourth-order valence-corrected chi connectivity index (χ4v) is 0.784. The monoisotopic (exact) mass is 209 g/mol. The molecule has 1 rings (SSSR count). The first kappa shape index (κ1) is 10.4. The summed E-state index contributed by atoms with van der Waals surface area (Å²) in [7, 11) is 0. The van der Waals surface area contributed by atoms with Crippen LogP contribution >= 0.6 is 0 Å². The summed E-state index contributed by atoms with van der Waals surface area (Å²) in [6.07, 6.45) is -3.15. The number of halogens is 4. The number of carboxylic acid groups (broad SMARTS) is 1. The molecule has 0 aliphatic heterocycles. The fraction of sp³-hybridized carbons (Fsp3) is 0.143. The van der Waals surface area contributed by atoms with Gasteiger partial charge in [0.2, 0.25) is 5.95 Å². The molecule has 0 atom stereocenters. The largest absolute Gasteiger partial charge is 0.478 e. The number of alkyl halides is 2. The third-order valence-electron chi connectivity index (χ3n) is 1.39. The molecule has 0 bridgehead atoms. The van der Waals surface area contributed by atoms with E-state index in [0.29, 0.717) is 6.07 Å². The summed E-state index contributed by atoms with van der Waals surface area (Å²) in [5.74, 6) is -5.42. The third kappa shape index (κ3) is 1.81. The van der Waals surface area contributed by atoms with E-state index in [0.717, 1.165) is 0 Å². The zero-order valence-electron chi connectivity index (χ0n) is 6.47. The number of hydrogen-bond acceptors (Lipinski definition) is 2. The molecule has 0 aromatic carbocycles. The van der Waals surface area contributed by atoms with E-state index in [9.17, 15) is 22.4 Å². The van der Waals surface area contributed by atoms with Crippen molar-refractivity contribution in [1.29, 1.82) is 0 Å². The van der Waals surface area contributed by atoms with Crippen LogP contribution in [0.15, 0.2) is 6.07 Å². The molecule has 1 aromatic rings. The van der Waals surface area contributed by atoms with Gasteiger partial charge in [-0.3, -0.25) is 0 Å². The first-order valence-corrected chi connectivity index (χ1v) is 3.31. The molecule has 0 spiro atoms. The zero-order valence-corrected chi connectivity index (χ0v) is 6.47. The number of hydrogen-bond donors (Lipinski definition) is 1. The summed E-state index contributed by atoms with van der Waals surface area (Å²) in [4.78, 5) is 12.8. The van der Waals surface area contributed by atoms with Crippen LogP contribution < -0.4 is 0 Å². The molecule has 0 unspecified atom stereocenters. The van der Waals surface area contributed by atoms with E-state index in [1.807, 2.05) is 0 Å². The van der Waals surface area contributed by atoms with E-state index >= 15 is 0 Å². The van der Waals surface area contributed by atoms with Crippen LogP contribution in [0.1, 0.15) is 22.5 Å². The van der Waals surface area contributed by atoms with E-state index in [2.05, 4.69) is 4.98 Å². The van der Waals surface area contributed by atoms with Crippen molar-refractivity contribution in [2.24, 2.45) is 0 Å². The SMILES string of the molecule is O=C(O)c1cc(C(F)F)nc(F)c1F. The topological polar surface area (TPSA) is 50.2 Å². The highest BCUT2D eigenvalue weighted by Gasteiger charge is 2.21. The molecule has 0 amide bonds. The van der Waals surface area contributed by atoms with Crippen molar-refractivity contribution < 1.29 is 27.5 Å². The maximum atomic E-state index is 12.6. The number of carbonyl (C=O) groups is 1. The Bertz CT molecular complexity index is 380. The van der Waals surface area contributed by atoms with Crippen LogP contribution in [0.5, 0.6) is 0 Å². The maximum absolute atomic E-state index is 12.6. The van der Waals surface area contributed by atoms with Crippen molar-refractivity contribution in [2.75, 3.05) is 0 Å². The number of nitrogens with zero attached hydrogens (tertiary/aromatic N) is 1. The van der Waals surface area contributed by atoms with Crippen molar-refractivity contribution in [3.63, 3.8) is 0 Å². The highest BCUT2D eigenvalue weighted by atomic mass is 19.3. The van der Waals surface area contributed by atoms with Gasteiger partial charge in [0.25, 0.3) is 6.43 Å². The van der Waals surface area contributed by atoms with Gasteiger partial charge in [0.15, 0.2) is 5.82 Å². The van der Waals surface area contributed by atoms with Gasteiger partial charge >= 0.3 is 5.97 Å². The van der Waals surface area contributed by atoms with Crippen LogP contribution in [0.4, 0.5) is 17.6 Å². The van der Waals surface area contributed by atoms with Gasteiger partial charge in [-0.2, -0.15) is 4.39 Å². The van der Waals surface area contributed by atoms with Gasteiger partial charge in [-0.25, -0.2) is 22.9 Å². The lowest BCUT2D eigenvalue weighted by Gasteiger charge is -2.02. The lowest BCUT2D eigenvalue weighted by molar-refractivity contribution is 0.0689. The van der Waals surface area contributed by atoms with E-state index in [1.54, 1.807) is 0 Å². The number of pyridine rings is 1. The van der Waals surface area contributed by atoms with Crippen molar-refractivity contribution in [2.45, 2.75) is 6.43 Å². The minimum Gasteiger partial charge on any atom is -0.478 e. The van der Waals surface area contributed by atoms with Crippen molar-refractivity contribution in [3.8, 4) is 0 Å². The number of aromatic carboxylic acids is 1. The quantitative estimate of drug-likeness (QED) is 0.598. The van der Waals surface area contributed by atoms with Crippen LogP contribution in [-0.2, 0) is 0 Å². The second-order valence-electron chi connectivity index (χ2n) is 2.31. The van der Waals surface area contributed by atoms with Gasteiger partial charge in [-0.05, 0) is 6.07 Å². The Kier molecular flexibility index (Phi) is 2.68. The smallest absolute Gasteiger partial charge is 0.338 e. The molecule has 7 heteroatoms. The predicted molar refractivity (Wildman–Crippen MR) is 36.1 cm³/mol. The van der Waals surface area contributed by atoms with E-state index < -0.39 is 35.4 Å². The molecule has 0 saturated heterocycles. The van der Waals surface area contributed by atoms with E-state index in [1.165, 1.54) is 0 Å². The molecule has 14 heavy (non-hydrogen) atoms. The highest BCUT2D eigenvalue weighted by molar-refractivity contribution is 5.87. The Morgan fingerprint density at radius 2 is 2.00 bits per heavy atom. The molecule has 0 aliphatic rings. The van der Waals surface area contributed by atoms with Crippen LogP contribution in [0.2, 0.25) is 0 Å². The van der Waals surface area contributed by atoms with Crippen LogP contribution in [-0.4, -0.2) is 16.1 Å². The van der Waals surface area contributed by atoms with E-state index in [4.69, 9.17) is 5.11 Å². The fourth-order valence-electron chi connectivity index (χ4n) is 0.784. The van der Waals surface area contributed by atoms with Gasteiger partial charge < -0.3 is 5.11 Å². The van der Waals surface area contributed by atoms with Crippen molar-refractivity contribution in [1.82, 2.24) is 4.98 Å². The average Bonchev–Trinajstić information content (AvgIpc) is 2.08. The standard InChI is InChI=1S/C7H3F4NO2/c8-4-2(7(13)14)1-3(5(9)10)12-6(4)11/h1,5H,(H,13,14). The number of carboxylic acids is 1. The van der Waals surface area contributed by atoms with Gasteiger partial charge in [-0.15, -0.1) is 0 Å². The van der Waals surface area contributed by atoms with E-state index in [-0.39, 0.29) is 0 Å². The minimum atomic E-state index is -3.15. The molecule has 0 fully saturated rings. The van der Waals surface area contributed by atoms with Crippen molar-refractivity contribution in [3.05, 3.63) is 29.1 Å². The Morgan fingerprint density at radius 1 is 1.43 bits per heavy atom. The Hall–Kier alpha value is -1.66. The van der Waals surface area contributed by atoms with Crippen LogP contribution in [0, 0.1) is 11.8 Å². The summed E-state index contributed by atoms with van der Waals surface area (Å²) in [5.41, 5.74) is -2.27. The Labute approximate surface area is 75.0 Å². The first-order valence-electron chi connectivity index (χ1n) is 3.31. The van der Waals surface area contributed by atoms with Crippen molar-refractivity contribution >= 4 is 5.97 Å². The Balaban J connectivity index is 3.35. The molecule has 76 valence electrons. The summed E-state index contributed by atoms with van der Waals surface area (Å²) in [5, 5.41) is 8.32. The summed E-state index contributed by atoms with van der Waals surface area (Å²) in [6, 6.07) is 0.297. The normalized spacial score (nSPS) is 10.6. The predicted octanol–water partition coefficient (Wildman–Crippen LogP) is 2.00. The third-order valence-corrected chi connectivity index (χ3v) is 1.39. The lowest BCUT2D eigenvalue weighted by Crippen LogP contribution is -2.07. The summed E-state index contributed by atoms with van der Waals surface area (Å²) in [6.45, 7) is 0. The van der Waals surface area contributed by atoms with Gasteiger partial charge in [0.05, 0.1) is 0 Å². The van der Waals surface area contributed by atoms with Gasteiger partial charge in [0, 0.05) is 0 Å². The highest BCUT2D eigenvalue weighted by Crippen LogP contribution is 2.20. The zero-order chi connectivity index (χ0) is 10.9. The van der Waals surface area contributed by atoms with Crippen LogP contribution in [0.25, 0.3) is 0 Å². The Morgan fingerprint density at radius 3 is 2.43 bits per heavy atom.